The molecule has 15 heavy (non-hydrogen) atoms. The van der Waals surface area contributed by atoms with Gasteiger partial charge in [0.1, 0.15) is 0 Å². The van der Waals surface area contributed by atoms with Gasteiger partial charge in [-0.2, -0.15) is 0 Å². The topological polar surface area (TPSA) is 27.3 Å². The second kappa shape index (κ2) is 6.46. The van der Waals surface area contributed by atoms with Gasteiger partial charge in [0, 0.05) is 26.2 Å². The van der Waals surface area contributed by atoms with Crippen LogP contribution in [0.3, 0.4) is 0 Å². The van der Waals surface area contributed by atoms with Crippen molar-refractivity contribution in [2.45, 2.75) is 27.2 Å². The Morgan fingerprint density at radius 2 is 1.87 bits per heavy atom. The molecule has 1 aliphatic heterocycles. The van der Waals surface area contributed by atoms with E-state index in [-0.39, 0.29) is 0 Å². The zero-order valence-corrected chi connectivity index (χ0v) is 10.6. The molecule has 0 saturated carbocycles. The average Bonchev–Trinajstić information content (AvgIpc) is 2.17. The van der Waals surface area contributed by atoms with Crippen molar-refractivity contribution < 1.29 is 0 Å². The fraction of sp³-hybridized carbons (Fsp3) is 1.00. The van der Waals surface area contributed by atoms with Crippen molar-refractivity contribution in [3.63, 3.8) is 0 Å². The van der Waals surface area contributed by atoms with Crippen LogP contribution in [0.1, 0.15) is 27.2 Å². The van der Waals surface area contributed by atoms with E-state index < -0.39 is 0 Å². The van der Waals surface area contributed by atoms with Crippen LogP contribution in [0.2, 0.25) is 0 Å². The van der Waals surface area contributed by atoms with Crippen LogP contribution in [0.25, 0.3) is 0 Å². The van der Waals surface area contributed by atoms with Crippen molar-refractivity contribution in [3.05, 3.63) is 0 Å². The second-order valence-electron chi connectivity index (χ2n) is 5.68. The van der Waals surface area contributed by atoms with Gasteiger partial charge in [-0.25, -0.2) is 0 Å². The predicted molar refractivity (Wildman–Crippen MR) is 66.3 cm³/mol. The number of nitrogens with zero attached hydrogens (tertiary/aromatic N) is 1. The molecule has 0 aromatic carbocycles. The van der Waals surface area contributed by atoms with Gasteiger partial charge in [-0.3, -0.25) is 0 Å². The highest BCUT2D eigenvalue weighted by atomic mass is 15.2. The zero-order chi connectivity index (χ0) is 11.1. The largest absolute Gasteiger partial charge is 0.316 e. The van der Waals surface area contributed by atoms with E-state index in [0.717, 1.165) is 26.2 Å². The summed E-state index contributed by atoms with van der Waals surface area (Å²) in [5, 5.41) is 6.90. The van der Waals surface area contributed by atoms with Crippen LogP contribution in [0.5, 0.6) is 0 Å². The summed E-state index contributed by atoms with van der Waals surface area (Å²) in [6, 6.07) is 0. The van der Waals surface area contributed by atoms with E-state index >= 15 is 0 Å². The maximum absolute atomic E-state index is 3.52. The molecule has 3 nitrogen and oxygen atoms in total. The van der Waals surface area contributed by atoms with Crippen LogP contribution < -0.4 is 10.6 Å². The molecular formula is C12H27N3. The number of piperazine rings is 1. The predicted octanol–water partition coefficient (Wildman–Crippen LogP) is 0.917. The molecule has 1 saturated heterocycles. The molecule has 0 unspecified atom stereocenters. The standard InChI is InChI=1S/C12H27N3/c1-12(2,3)11-14-5-4-8-15-9-6-13-7-10-15/h13-14H,4-11H2,1-3H3. The third-order valence-electron chi connectivity index (χ3n) is 2.69. The Labute approximate surface area is 94.6 Å². The summed E-state index contributed by atoms with van der Waals surface area (Å²) in [5.74, 6) is 0. The first-order valence-corrected chi connectivity index (χ1v) is 6.22. The molecule has 0 amide bonds. The van der Waals surface area contributed by atoms with E-state index in [4.69, 9.17) is 0 Å². The zero-order valence-electron chi connectivity index (χ0n) is 10.6. The normalized spacial score (nSPS) is 19.4. The first kappa shape index (κ1) is 12.9. The first-order chi connectivity index (χ1) is 7.08. The van der Waals surface area contributed by atoms with Gasteiger partial charge < -0.3 is 15.5 Å². The van der Waals surface area contributed by atoms with E-state index in [1.807, 2.05) is 0 Å². The van der Waals surface area contributed by atoms with E-state index in [2.05, 4.69) is 36.3 Å². The van der Waals surface area contributed by atoms with Crippen molar-refractivity contribution in [3.8, 4) is 0 Å². The third kappa shape index (κ3) is 6.88. The Morgan fingerprint density at radius 1 is 1.20 bits per heavy atom. The van der Waals surface area contributed by atoms with Gasteiger partial charge >= 0.3 is 0 Å². The maximum atomic E-state index is 3.52. The van der Waals surface area contributed by atoms with Gasteiger partial charge in [0.15, 0.2) is 0 Å². The fourth-order valence-electron chi connectivity index (χ4n) is 1.83. The molecule has 1 aliphatic rings. The van der Waals surface area contributed by atoms with E-state index in [9.17, 15) is 0 Å². The van der Waals surface area contributed by atoms with Gasteiger partial charge in [-0.05, 0) is 31.5 Å². The third-order valence-corrected chi connectivity index (χ3v) is 2.69. The summed E-state index contributed by atoms with van der Waals surface area (Å²) < 4.78 is 0. The van der Waals surface area contributed by atoms with Crippen molar-refractivity contribution in [1.82, 2.24) is 15.5 Å². The summed E-state index contributed by atoms with van der Waals surface area (Å²) >= 11 is 0. The SMILES string of the molecule is CC(C)(C)CNCCCN1CCNCC1. The summed E-state index contributed by atoms with van der Waals surface area (Å²) in [6.07, 6.45) is 1.27. The van der Waals surface area contributed by atoms with Gasteiger partial charge in [-0.15, -0.1) is 0 Å². The highest BCUT2D eigenvalue weighted by molar-refractivity contribution is 4.69. The molecule has 3 heteroatoms. The molecule has 0 aromatic rings. The van der Waals surface area contributed by atoms with Crippen molar-refractivity contribution in [2.75, 3.05) is 45.8 Å². The Kier molecular flexibility index (Phi) is 5.58. The monoisotopic (exact) mass is 213 g/mol. The summed E-state index contributed by atoms with van der Waals surface area (Å²) in [7, 11) is 0. The minimum absolute atomic E-state index is 0.412. The Balaban J connectivity index is 1.92. The summed E-state index contributed by atoms with van der Waals surface area (Å²) in [6.45, 7) is 15.1. The Morgan fingerprint density at radius 3 is 2.47 bits per heavy atom. The molecule has 90 valence electrons. The summed E-state index contributed by atoms with van der Waals surface area (Å²) in [5.41, 5.74) is 0.412. The van der Waals surface area contributed by atoms with Crippen LogP contribution in [-0.2, 0) is 0 Å². The molecule has 0 aromatic heterocycles. The Hall–Kier alpha value is -0.120. The molecule has 0 aliphatic carbocycles. The first-order valence-electron chi connectivity index (χ1n) is 6.22. The van der Waals surface area contributed by atoms with Crippen molar-refractivity contribution >= 4 is 0 Å². The van der Waals surface area contributed by atoms with Crippen LogP contribution in [0.15, 0.2) is 0 Å². The summed E-state index contributed by atoms with van der Waals surface area (Å²) in [4.78, 5) is 2.55. The van der Waals surface area contributed by atoms with Gasteiger partial charge in [0.05, 0.1) is 0 Å². The number of hydrogen-bond donors (Lipinski definition) is 2. The molecule has 1 heterocycles. The smallest absolute Gasteiger partial charge is 0.0107 e. The second-order valence-corrected chi connectivity index (χ2v) is 5.68. The van der Waals surface area contributed by atoms with Gasteiger partial charge in [0.2, 0.25) is 0 Å². The molecule has 1 fully saturated rings. The number of nitrogens with one attached hydrogen (secondary N) is 2. The van der Waals surface area contributed by atoms with Crippen LogP contribution in [0.4, 0.5) is 0 Å². The van der Waals surface area contributed by atoms with Crippen LogP contribution in [0, 0.1) is 5.41 Å². The van der Waals surface area contributed by atoms with E-state index in [1.165, 1.54) is 26.1 Å². The lowest BCUT2D eigenvalue weighted by Gasteiger charge is -2.27. The number of rotatable bonds is 5. The molecule has 0 radical (unpaired) electrons. The minimum atomic E-state index is 0.412. The lowest BCUT2D eigenvalue weighted by molar-refractivity contribution is 0.236. The highest BCUT2D eigenvalue weighted by Gasteiger charge is 2.10. The lowest BCUT2D eigenvalue weighted by Crippen LogP contribution is -2.44. The molecule has 0 atom stereocenters. The quantitative estimate of drug-likeness (QED) is 0.665. The lowest BCUT2D eigenvalue weighted by atomic mass is 9.97. The Bertz CT molecular complexity index is 157. The maximum Gasteiger partial charge on any atom is 0.0107 e. The molecular weight excluding hydrogens is 186 g/mol. The van der Waals surface area contributed by atoms with Crippen LogP contribution >= 0.6 is 0 Å². The van der Waals surface area contributed by atoms with E-state index in [0.29, 0.717) is 5.41 Å². The van der Waals surface area contributed by atoms with Crippen molar-refractivity contribution in [2.24, 2.45) is 5.41 Å². The van der Waals surface area contributed by atoms with Crippen LogP contribution in [-0.4, -0.2) is 50.7 Å². The molecule has 0 bridgehead atoms. The van der Waals surface area contributed by atoms with Gasteiger partial charge in [0.25, 0.3) is 0 Å². The average molecular weight is 213 g/mol. The van der Waals surface area contributed by atoms with E-state index in [1.54, 1.807) is 0 Å². The fourth-order valence-corrected chi connectivity index (χ4v) is 1.83. The van der Waals surface area contributed by atoms with Gasteiger partial charge in [-0.1, -0.05) is 20.8 Å². The molecule has 2 N–H and O–H groups in total. The molecule has 1 rings (SSSR count). The highest BCUT2D eigenvalue weighted by Crippen LogP contribution is 2.09. The van der Waals surface area contributed by atoms with Crippen molar-refractivity contribution in [1.29, 1.82) is 0 Å². The molecule has 0 spiro atoms. The minimum Gasteiger partial charge on any atom is -0.316 e. The number of hydrogen-bond acceptors (Lipinski definition) is 3.